The maximum Gasteiger partial charge on any atom is 0.387 e. The number of carbonyl (C=O) groups excluding carboxylic acids is 1. The van der Waals surface area contributed by atoms with Gasteiger partial charge in [-0.3, -0.25) is 4.79 Å². The summed E-state index contributed by atoms with van der Waals surface area (Å²) in [7, 11) is 1.19. The minimum Gasteiger partial charge on any atom is -0.469 e. The molecule has 0 saturated heterocycles. The summed E-state index contributed by atoms with van der Waals surface area (Å²) in [5.74, 6) is -0.847. The molecule has 0 bridgehead atoms. The van der Waals surface area contributed by atoms with Crippen LogP contribution in [-0.2, 0) is 21.8 Å². The lowest BCUT2D eigenvalue weighted by Crippen LogP contribution is -2.10. The van der Waals surface area contributed by atoms with E-state index in [2.05, 4.69) is 9.47 Å². The van der Waals surface area contributed by atoms with Crippen molar-refractivity contribution in [3.63, 3.8) is 0 Å². The van der Waals surface area contributed by atoms with Crippen LogP contribution in [0.5, 0.6) is 5.75 Å². The van der Waals surface area contributed by atoms with E-state index in [4.69, 9.17) is 16.9 Å². The van der Waals surface area contributed by atoms with Crippen molar-refractivity contribution in [3.8, 4) is 11.8 Å². The molecule has 0 N–H and O–H groups in total. The minimum atomic E-state index is -3.07. The predicted molar refractivity (Wildman–Crippen MR) is 63.1 cm³/mol. The van der Waals surface area contributed by atoms with Crippen LogP contribution in [0.3, 0.4) is 0 Å². The number of alkyl halides is 3. The Kier molecular flexibility index (Phi) is 5.52. The summed E-state index contributed by atoms with van der Waals surface area (Å²) in [6, 6.07) is 4.48. The number of methoxy groups -OCH3 is 1. The Morgan fingerprint density at radius 3 is 2.68 bits per heavy atom. The highest BCUT2D eigenvalue weighted by Crippen LogP contribution is 2.27. The second-order valence-corrected chi connectivity index (χ2v) is 3.77. The molecule has 0 radical (unpaired) electrons. The van der Waals surface area contributed by atoms with Crippen molar-refractivity contribution < 1.29 is 23.0 Å². The van der Waals surface area contributed by atoms with E-state index in [1.54, 1.807) is 6.07 Å². The number of nitriles is 1. The molecule has 7 heteroatoms. The van der Waals surface area contributed by atoms with E-state index in [1.165, 1.54) is 19.2 Å². The maximum atomic E-state index is 12.3. The summed E-state index contributed by atoms with van der Waals surface area (Å²) in [6.07, 6.45) is -0.219. The van der Waals surface area contributed by atoms with Crippen LogP contribution in [0.4, 0.5) is 8.78 Å². The molecule has 0 atom stereocenters. The first kappa shape index (κ1) is 15.2. The zero-order chi connectivity index (χ0) is 14.4. The van der Waals surface area contributed by atoms with Crippen LogP contribution >= 0.6 is 11.6 Å². The van der Waals surface area contributed by atoms with Gasteiger partial charge in [-0.2, -0.15) is 14.0 Å². The zero-order valence-electron chi connectivity index (χ0n) is 9.95. The third-order valence-electron chi connectivity index (χ3n) is 2.29. The molecule has 0 unspecified atom stereocenters. The first-order chi connectivity index (χ1) is 9.01. The number of halogens is 3. The quantitative estimate of drug-likeness (QED) is 0.617. The summed E-state index contributed by atoms with van der Waals surface area (Å²) in [6.45, 7) is -3.07. The number of ether oxygens (including phenoxy) is 2. The highest BCUT2D eigenvalue weighted by atomic mass is 35.5. The lowest BCUT2D eigenvalue weighted by molar-refractivity contribution is -0.139. The van der Waals surface area contributed by atoms with Crippen molar-refractivity contribution in [2.45, 2.75) is 18.9 Å². The maximum absolute atomic E-state index is 12.3. The highest BCUT2D eigenvalue weighted by Gasteiger charge is 2.17. The molecule has 1 aromatic rings. The molecule has 0 spiro atoms. The molecule has 0 fully saturated rings. The average molecular weight is 290 g/mol. The van der Waals surface area contributed by atoms with Gasteiger partial charge in [0.05, 0.1) is 19.1 Å². The predicted octanol–water partition coefficient (Wildman–Crippen LogP) is 2.61. The number of rotatable bonds is 5. The van der Waals surface area contributed by atoms with Crippen molar-refractivity contribution in [2.75, 3.05) is 7.11 Å². The average Bonchev–Trinajstić information content (AvgIpc) is 2.37. The van der Waals surface area contributed by atoms with Crippen LogP contribution in [0.2, 0.25) is 0 Å². The monoisotopic (exact) mass is 289 g/mol. The molecule has 4 nitrogen and oxygen atoms in total. The largest absolute Gasteiger partial charge is 0.469 e. The third-order valence-corrected chi connectivity index (χ3v) is 2.60. The summed E-state index contributed by atoms with van der Waals surface area (Å²) in [5, 5.41) is 9.00. The van der Waals surface area contributed by atoms with Crippen LogP contribution in [0.15, 0.2) is 12.1 Å². The second-order valence-electron chi connectivity index (χ2n) is 3.50. The normalized spacial score (nSPS) is 10.1. The van der Waals surface area contributed by atoms with Gasteiger partial charge in [0.15, 0.2) is 0 Å². The summed E-state index contributed by atoms with van der Waals surface area (Å²) in [4.78, 5) is 11.2. The summed E-state index contributed by atoms with van der Waals surface area (Å²) >= 11 is 5.63. The van der Waals surface area contributed by atoms with Crippen molar-refractivity contribution in [1.82, 2.24) is 0 Å². The van der Waals surface area contributed by atoms with Gasteiger partial charge < -0.3 is 9.47 Å². The van der Waals surface area contributed by atoms with Crippen LogP contribution < -0.4 is 4.74 Å². The lowest BCUT2D eigenvalue weighted by atomic mass is 10.0. The topological polar surface area (TPSA) is 59.3 Å². The van der Waals surface area contributed by atoms with Crippen molar-refractivity contribution in [2.24, 2.45) is 0 Å². The summed E-state index contributed by atoms with van der Waals surface area (Å²) < 4.78 is 33.3. The highest BCUT2D eigenvalue weighted by molar-refractivity contribution is 6.17. The number of nitrogens with zero attached hydrogens (tertiary/aromatic N) is 1. The molecule has 0 heterocycles. The first-order valence-electron chi connectivity index (χ1n) is 5.15. The molecule has 0 aliphatic carbocycles. The Labute approximate surface area is 113 Å². The number of carbonyl (C=O) groups is 1. The van der Waals surface area contributed by atoms with Gasteiger partial charge in [-0.25, -0.2) is 0 Å². The number of esters is 1. The standard InChI is InChI=1S/C12H10ClF2NO3/c1-18-11(17)4-8-2-7(5-13)3-10(9(8)6-16)19-12(14)15/h2-3,12H,4-5H2,1H3. The Bertz CT molecular complexity index is 514. The first-order valence-corrected chi connectivity index (χ1v) is 5.68. The molecular weight excluding hydrogens is 280 g/mol. The molecule has 0 amide bonds. The van der Waals surface area contributed by atoms with Gasteiger partial charge >= 0.3 is 12.6 Å². The number of benzene rings is 1. The van der Waals surface area contributed by atoms with Crippen LogP contribution in [0.25, 0.3) is 0 Å². The Balaban J connectivity index is 3.27. The van der Waals surface area contributed by atoms with Gasteiger partial charge in [-0.15, -0.1) is 11.6 Å². The van der Waals surface area contributed by atoms with E-state index in [0.29, 0.717) is 5.56 Å². The van der Waals surface area contributed by atoms with Gasteiger partial charge in [0.25, 0.3) is 0 Å². The fraction of sp³-hybridized carbons (Fsp3) is 0.333. The van der Waals surface area contributed by atoms with Gasteiger partial charge in [-0.1, -0.05) is 6.07 Å². The van der Waals surface area contributed by atoms with Gasteiger partial charge in [-0.05, 0) is 17.2 Å². The molecule has 0 aliphatic rings. The number of hydrogen-bond acceptors (Lipinski definition) is 4. The zero-order valence-corrected chi connectivity index (χ0v) is 10.7. The van der Waals surface area contributed by atoms with Crippen molar-refractivity contribution in [1.29, 1.82) is 5.26 Å². The molecular formula is C12H10ClF2NO3. The third kappa shape index (κ3) is 4.07. The molecule has 0 aromatic heterocycles. The molecule has 0 saturated carbocycles. The summed E-state index contributed by atoms with van der Waals surface area (Å²) in [5.41, 5.74) is 0.581. The van der Waals surface area contributed by atoms with Crippen molar-refractivity contribution in [3.05, 3.63) is 28.8 Å². The Morgan fingerprint density at radius 2 is 2.21 bits per heavy atom. The van der Waals surface area contributed by atoms with E-state index < -0.39 is 12.6 Å². The minimum absolute atomic E-state index is 0.0412. The van der Waals surface area contributed by atoms with E-state index in [1.807, 2.05) is 0 Å². The molecule has 1 rings (SSSR count). The fourth-order valence-corrected chi connectivity index (χ4v) is 1.65. The smallest absolute Gasteiger partial charge is 0.387 e. The molecule has 102 valence electrons. The SMILES string of the molecule is COC(=O)Cc1cc(CCl)cc(OC(F)F)c1C#N. The van der Waals surface area contributed by atoms with Gasteiger partial charge in [0, 0.05) is 5.88 Å². The Morgan fingerprint density at radius 1 is 1.53 bits per heavy atom. The number of hydrogen-bond donors (Lipinski definition) is 0. The van der Waals surface area contributed by atoms with E-state index >= 15 is 0 Å². The van der Waals surface area contributed by atoms with E-state index in [0.717, 1.165) is 0 Å². The van der Waals surface area contributed by atoms with Crippen molar-refractivity contribution >= 4 is 17.6 Å². The van der Waals surface area contributed by atoms with Crippen LogP contribution in [-0.4, -0.2) is 19.7 Å². The Hall–Kier alpha value is -1.87. The fourth-order valence-electron chi connectivity index (χ4n) is 1.50. The van der Waals surface area contributed by atoms with E-state index in [9.17, 15) is 13.6 Å². The van der Waals surface area contributed by atoms with Gasteiger partial charge in [0.2, 0.25) is 0 Å². The lowest BCUT2D eigenvalue weighted by Gasteiger charge is -2.12. The van der Waals surface area contributed by atoms with Gasteiger partial charge in [0.1, 0.15) is 11.8 Å². The van der Waals surface area contributed by atoms with Crippen LogP contribution in [0.1, 0.15) is 16.7 Å². The molecule has 1 aromatic carbocycles. The molecule has 19 heavy (non-hydrogen) atoms. The molecule has 0 aliphatic heterocycles. The second kappa shape index (κ2) is 6.90. The van der Waals surface area contributed by atoms with Crippen LogP contribution in [0, 0.1) is 11.3 Å². The van der Waals surface area contributed by atoms with E-state index in [-0.39, 0.29) is 29.2 Å².